The second-order valence-corrected chi connectivity index (χ2v) is 6.87. The minimum atomic E-state index is -1.07. The Morgan fingerprint density at radius 3 is 2.61 bits per heavy atom. The smallest absolute Gasteiger partial charge is 0.341 e. The number of benzene rings is 2. The summed E-state index contributed by atoms with van der Waals surface area (Å²) >= 11 is 0. The van der Waals surface area contributed by atoms with Crippen molar-refractivity contribution in [3.63, 3.8) is 0 Å². The number of carbonyl (C=O) groups excluding carboxylic acids is 1. The first kappa shape index (κ1) is 19.7. The van der Waals surface area contributed by atoms with Gasteiger partial charge in [0.1, 0.15) is 0 Å². The highest BCUT2D eigenvalue weighted by Gasteiger charge is 2.27. The van der Waals surface area contributed by atoms with Crippen LogP contribution in [0.1, 0.15) is 29.3 Å². The fraction of sp³-hybridized carbons (Fsp3) is 0.364. The maximum atomic E-state index is 12.9. The molecule has 0 aliphatic carbocycles. The standard InChI is InChI=1S/C22H25NO5/c1-2-27-20-13-18(8-9-19(20)28-15-21(24)25)22(26)23-11-10-17(14-23)12-16-6-4-3-5-7-16/h3-9,13,17H,2,10-12,14-15H2,1H3,(H,24,25)/t17-/m1/s1. The van der Waals surface area contributed by atoms with Crippen molar-refractivity contribution in [1.82, 2.24) is 4.90 Å². The van der Waals surface area contributed by atoms with E-state index in [1.807, 2.05) is 30.0 Å². The quantitative estimate of drug-likeness (QED) is 0.757. The van der Waals surface area contributed by atoms with Crippen LogP contribution in [0.4, 0.5) is 0 Å². The third kappa shape index (κ3) is 5.03. The van der Waals surface area contributed by atoms with E-state index in [0.29, 0.717) is 29.6 Å². The molecule has 6 heteroatoms. The molecule has 0 bridgehead atoms. The third-order valence-corrected chi connectivity index (χ3v) is 4.78. The molecule has 1 N–H and O–H groups in total. The van der Waals surface area contributed by atoms with E-state index in [4.69, 9.17) is 14.6 Å². The number of carboxylic acids is 1. The van der Waals surface area contributed by atoms with Gasteiger partial charge in [0.25, 0.3) is 5.91 Å². The van der Waals surface area contributed by atoms with E-state index in [2.05, 4.69) is 12.1 Å². The normalized spacial score (nSPS) is 16.0. The number of rotatable bonds is 8. The molecule has 0 unspecified atom stereocenters. The Labute approximate surface area is 164 Å². The van der Waals surface area contributed by atoms with Crippen molar-refractivity contribution in [2.75, 3.05) is 26.3 Å². The molecular weight excluding hydrogens is 358 g/mol. The molecule has 3 rings (SSSR count). The van der Waals surface area contributed by atoms with E-state index in [-0.39, 0.29) is 5.91 Å². The second kappa shape index (κ2) is 9.26. The lowest BCUT2D eigenvalue weighted by molar-refractivity contribution is -0.139. The Morgan fingerprint density at radius 1 is 1.11 bits per heavy atom. The summed E-state index contributed by atoms with van der Waals surface area (Å²) in [7, 11) is 0. The van der Waals surface area contributed by atoms with Crippen molar-refractivity contribution in [3.05, 3.63) is 59.7 Å². The average Bonchev–Trinajstić information content (AvgIpc) is 3.15. The number of nitrogens with zero attached hydrogens (tertiary/aromatic N) is 1. The minimum Gasteiger partial charge on any atom is -0.490 e. The van der Waals surface area contributed by atoms with E-state index in [0.717, 1.165) is 25.9 Å². The predicted molar refractivity (Wildman–Crippen MR) is 105 cm³/mol. The number of hydrogen-bond donors (Lipinski definition) is 1. The summed E-state index contributed by atoms with van der Waals surface area (Å²) in [6, 6.07) is 15.2. The molecule has 1 aliphatic rings. The van der Waals surface area contributed by atoms with Crippen molar-refractivity contribution < 1.29 is 24.2 Å². The largest absolute Gasteiger partial charge is 0.490 e. The van der Waals surface area contributed by atoms with Gasteiger partial charge < -0.3 is 19.5 Å². The Hall–Kier alpha value is -3.02. The zero-order chi connectivity index (χ0) is 19.9. The molecule has 1 saturated heterocycles. The van der Waals surface area contributed by atoms with Gasteiger partial charge in [-0.25, -0.2) is 4.79 Å². The van der Waals surface area contributed by atoms with Crippen LogP contribution in [0.3, 0.4) is 0 Å². The Kier molecular flexibility index (Phi) is 6.53. The second-order valence-electron chi connectivity index (χ2n) is 6.87. The number of likely N-dealkylation sites (tertiary alicyclic amines) is 1. The zero-order valence-corrected chi connectivity index (χ0v) is 16.0. The number of carbonyl (C=O) groups is 2. The summed E-state index contributed by atoms with van der Waals surface area (Å²) in [5.74, 6) is 0.0557. The molecule has 148 valence electrons. The number of hydrogen-bond acceptors (Lipinski definition) is 4. The first-order valence-corrected chi connectivity index (χ1v) is 9.51. The SMILES string of the molecule is CCOc1cc(C(=O)N2CC[C@H](Cc3ccccc3)C2)ccc1OCC(=O)O. The van der Waals surface area contributed by atoms with Crippen LogP contribution in [0.25, 0.3) is 0 Å². The van der Waals surface area contributed by atoms with Gasteiger partial charge in [-0.05, 0) is 49.4 Å². The summed E-state index contributed by atoms with van der Waals surface area (Å²) in [5.41, 5.74) is 1.81. The van der Waals surface area contributed by atoms with Crippen molar-refractivity contribution in [2.45, 2.75) is 19.8 Å². The van der Waals surface area contributed by atoms with E-state index in [1.165, 1.54) is 5.56 Å². The van der Waals surface area contributed by atoms with Crippen molar-refractivity contribution >= 4 is 11.9 Å². The maximum Gasteiger partial charge on any atom is 0.341 e. The summed E-state index contributed by atoms with van der Waals surface area (Å²) in [4.78, 5) is 25.5. The topological polar surface area (TPSA) is 76.1 Å². The molecule has 0 spiro atoms. The van der Waals surface area contributed by atoms with E-state index >= 15 is 0 Å². The molecule has 0 aromatic heterocycles. The van der Waals surface area contributed by atoms with Crippen LogP contribution in [-0.4, -0.2) is 48.2 Å². The fourth-order valence-electron chi connectivity index (χ4n) is 3.48. The molecule has 28 heavy (non-hydrogen) atoms. The predicted octanol–water partition coefficient (Wildman–Crippen LogP) is 3.25. The van der Waals surface area contributed by atoms with Crippen molar-refractivity contribution in [3.8, 4) is 11.5 Å². The van der Waals surface area contributed by atoms with Crippen molar-refractivity contribution in [2.24, 2.45) is 5.92 Å². The molecule has 1 heterocycles. The molecular formula is C22H25NO5. The van der Waals surface area contributed by atoms with Crippen LogP contribution in [-0.2, 0) is 11.2 Å². The summed E-state index contributed by atoms with van der Waals surface area (Å²) in [6.45, 7) is 3.22. The molecule has 1 fully saturated rings. The molecule has 0 radical (unpaired) electrons. The molecule has 2 aromatic carbocycles. The van der Waals surface area contributed by atoms with Gasteiger partial charge in [0.05, 0.1) is 6.61 Å². The van der Waals surface area contributed by atoms with Crippen LogP contribution >= 0.6 is 0 Å². The molecule has 0 saturated carbocycles. The van der Waals surface area contributed by atoms with Gasteiger partial charge in [0.15, 0.2) is 18.1 Å². The molecule has 1 atom stereocenters. The average molecular weight is 383 g/mol. The first-order valence-electron chi connectivity index (χ1n) is 9.51. The first-order chi connectivity index (χ1) is 13.6. The lowest BCUT2D eigenvalue weighted by atomic mass is 9.99. The van der Waals surface area contributed by atoms with Gasteiger partial charge in [-0.3, -0.25) is 4.79 Å². The monoisotopic (exact) mass is 383 g/mol. The third-order valence-electron chi connectivity index (χ3n) is 4.78. The summed E-state index contributed by atoms with van der Waals surface area (Å²) in [5, 5.41) is 8.79. The van der Waals surface area contributed by atoms with Gasteiger partial charge >= 0.3 is 5.97 Å². The van der Waals surface area contributed by atoms with Crippen LogP contribution < -0.4 is 9.47 Å². The number of amides is 1. The summed E-state index contributed by atoms with van der Waals surface area (Å²) in [6.07, 6.45) is 1.95. The lowest BCUT2D eigenvalue weighted by Gasteiger charge is -2.18. The number of carboxylic acid groups (broad SMARTS) is 1. The highest BCUT2D eigenvalue weighted by Crippen LogP contribution is 2.30. The van der Waals surface area contributed by atoms with Gasteiger partial charge in [-0.2, -0.15) is 0 Å². The van der Waals surface area contributed by atoms with Crippen LogP contribution in [0.2, 0.25) is 0 Å². The Morgan fingerprint density at radius 2 is 1.89 bits per heavy atom. The van der Waals surface area contributed by atoms with Crippen molar-refractivity contribution in [1.29, 1.82) is 0 Å². The van der Waals surface area contributed by atoms with E-state index in [1.54, 1.807) is 18.2 Å². The van der Waals surface area contributed by atoms with Gasteiger partial charge in [0.2, 0.25) is 0 Å². The number of ether oxygens (including phenoxy) is 2. The molecule has 1 aliphatic heterocycles. The maximum absolute atomic E-state index is 12.9. The van der Waals surface area contributed by atoms with Gasteiger partial charge in [0, 0.05) is 18.7 Å². The van der Waals surface area contributed by atoms with Crippen LogP contribution in [0.5, 0.6) is 11.5 Å². The highest BCUT2D eigenvalue weighted by atomic mass is 16.5. The van der Waals surface area contributed by atoms with Crippen LogP contribution in [0, 0.1) is 5.92 Å². The number of aliphatic carboxylic acids is 1. The van der Waals surface area contributed by atoms with Gasteiger partial charge in [-0.15, -0.1) is 0 Å². The highest BCUT2D eigenvalue weighted by molar-refractivity contribution is 5.95. The van der Waals surface area contributed by atoms with Crippen LogP contribution in [0.15, 0.2) is 48.5 Å². The fourth-order valence-corrected chi connectivity index (χ4v) is 3.48. The van der Waals surface area contributed by atoms with Gasteiger partial charge in [-0.1, -0.05) is 30.3 Å². The zero-order valence-electron chi connectivity index (χ0n) is 16.0. The Balaban J connectivity index is 1.66. The van der Waals surface area contributed by atoms with E-state index in [9.17, 15) is 9.59 Å². The summed E-state index contributed by atoms with van der Waals surface area (Å²) < 4.78 is 10.8. The molecule has 6 nitrogen and oxygen atoms in total. The minimum absolute atomic E-state index is 0.0405. The molecule has 2 aromatic rings. The lowest BCUT2D eigenvalue weighted by Crippen LogP contribution is -2.29. The Bertz CT molecular complexity index is 821. The van der Waals surface area contributed by atoms with E-state index < -0.39 is 12.6 Å². The molecule has 1 amide bonds.